The first-order valence-corrected chi connectivity index (χ1v) is 10.5. The molecule has 0 radical (unpaired) electrons. The lowest BCUT2D eigenvalue weighted by Gasteiger charge is -2.34. The number of nitrogens with one attached hydrogen (secondary N) is 1. The number of piperidine rings is 1. The smallest absolute Gasteiger partial charge is 0.244 e. The lowest BCUT2D eigenvalue weighted by molar-refractivity contribution is 0.246. The molecule has 0 saturated carbocycles. The van der Waals surface area contributed by atoms with Gasteiger partial charge in [0.2, 0.25) is 10.0 Å². The zero-order chi connectivity index (χ0) is 15.5. The minimum Gasteiger partial charge on any atom is -0.315 e. The van der Waals surface area contributed by atoms with Crippen LogP contribution in [0.4, 0.5) is 0 Å². The van der Waals surface area contributed by atoms with E-state index in [2.05, 4.69) is 28.2 Å². The molecule has 0 amide bonds. The number of rotatable bonds is 6. The first-order valence-electron chi connectivity index (χ1n) is 7.45. The number of thiophene rings is 1. The number of hydrogen-bond donors (Lipinski definition) is 1. The molecule has 0 bridgehead atoms. The third-order valence-electron chi connectivity index (χ3n) is 3.81. The van der Waals surface area contributed by atoms with Crippen LogP contribution in [0.5, 0.6) is 0 Å². The Morgan fingerprint density at radius 3 is 2.86 bits per heavy atom. The van der Waals surface area contributed by atoms with Gasteiger partial charge in [0.25, 0.3) is 0 Å². The number of hydrogen-bond acceptors (Lipinski definition) is 4. The molecule has 7 heteroatoms. The summed E-state index contributed by atoms with van der Waals surface area (Å²) in [6, 6.07) is 1.81. The van der Waals surface area contributed by atoms with E-state index in [4.69, 9.17) is 0 Å². The van der Waals surface area contributed by atoms with Crippen molar-refractivity contribution < 1.29 is 8.42 Å². The van der Waals surface area contributed by atoms with E-state index in [0.717, 1.165) is 47.4 Å². The van der Waals surface area contributed by atoms with Gasteiger partial charge in [-0.3, -0.25) is 0 Å². The van der Waals surface area contributed by atoms with Crippen LogP contribution in [-0.2, 0) is 10.0 Å². The maximum absolute atomic E-state index is 12.9. The molecule has 0 aromatic carbocycles. The van der Waals surface area contributed by atoms with Crippen molar-refractivity contribution in [2.24, 2.45) is 0 Å². The summed E-state index contributed by atoms with van der Waals surface area (Å²) in [5, 5.41) is 3.37. The van der Waals surface area contributed by atoms with E-state index in [1.807, 2.05) is 6.92 Å². The van der Waals surface area contributed by atoms with Gasteiger partial charge in [0, 0.05) is 24.0 Å². The average molecular weight is 395 g/mol. The Bertz CT molecular complexity index is 572. The Morgan fingerprint density at radius 1 is 1.48 bits per heavy atom. The van der Waals surface area contributed by atoms with Crippen LogP contribution in [0.1, 0.15) is 37.5 Å². The predicted octanol–water partition coefficient (Wildman–Crippen LogP) is 3.36. The Balaban J connectivity index is 2.21. The fourth-order valence-electron chi connectivity index (χ4n) is 2.75. The van der Waals surface area contributed by atoms with E-state index in [0.29, 0.717) is 11.4 Å². The SMILES string of the molecule is CCCNCC1CCCCN1S(=O)(=O)c1cc(Br)sc1C. The highest BCUT2D eigenvalue weighted by Crippen LogP contribution is 2.33. The summed E-state index contributed by atoms with van der Waals surface area (Å²) in [7, 11) is -3.38. The minimum atomic E-state index is -3.38. The van der Waals surface area contributed by atoms with Crippen LogP contribution in [0, 0.1) is 6.92 Å². The van der Waals surface area contributed by atoms with Gasteiger partial charge in [-0.25, -0.2) is 8.42 Å². The molecule has 4 nitrogen and oxygen atoms in total. The highest BCUT2D eigenvalue weighted by molar-refractivity contribution is 9.11. The number of aryl methyl sites for hydroxylation is 1. The Hall–Kier alpha value is 0.0500. The topological polar surface area (TPSA) is 49.4 Å². The summed E-state index contributed by atoms with van der Waals surface area (Å²) in [5.41, 5.74) is 0. The van der Waals surface area contributed by atoms with Crippen molar-refractivity contribution in [3.05, 3.63) is 14.7 Å². The van der Waals surface area contributed by atoms with Gasteiger partial charge in [0.1, 0.15) is 0 Å². The van der Waals surface area contributed by atoms with E-state index in [-0.39, 0.29) is 6.04 Å². The van der Waals surface area contributed by atoms with Gasteiger partial charge >= 0.3 is 0 Å². The molecule has 1 atom stereocenters. The maximum Gasteiger partial charge on any atom is 0.244 e. The third-order valence-corrected chi connectivity index (χ3v) is 7.57. The zero-order valence-electron chi connectivity index (χ0n) is 12.6. The third kappa shape index (κ3) is 4.07. The largest absolute Gasteiger partial charge is 0.315 e. The first kappa shape index (κ1) is 17.4. The van der Waals surface area contributed by atoms with Crippen LogP contribution < -0.4 is 5.32 Å². The molecule has 0 spiro atoms. The first-order chi connectivity index (χ1) is 9.96. The summed E-state index contributed by atoms with van der Waals surface area (Å²) in [4.78, 5) is 1.31. The van der Waals surface area contributed by atoms with Gasteiger partial charge < -0.3 is 5.32 Å². The van der Waals surface area contributed by atoms with Gasteiger partial charge in [-0.05, 0) is 54.7 Å². The second-order valence-corrected chi connectivity index (χ2v) is 9.93. The second-order valence-electron chi connectivity index (χ2n) is 5.44. The monoisotopic (exact) mass is 394 g/mol. The number of halogens is 1. The molecule has 0 aliphatic carbocycles. The molecule has 1 aromatic heterocycles. The lowest BCUT2D eigenvalue weighted by Crippen LogP contribution is -2.48. The van der Waals surface area contributed by atoms with Gasteiger partial charge in [-0.1, -0.05) is 13.3 Å². The molecule has 1 saturated heterocycles. The van der Waals surface area contributed by atoms with Crippen molar-refractivity contribution in [2.45, 2.75) is 50.5 Å². The summed E-state index contributed by atoms with van der Waals surface area (Å²) in [6.45, 7) is 6.31. The van der Waals surface area contributed by atoms with Crippen molar-refractivity contribution in [3.8, 4) is 0 Å². The van der Waals surface area contributed by atoms with Crippen molar-refractivity contribution >= 4 is 37.3 Å². The van der Waals surface area contributed by atoms with Crippen molar-refractivity contribution in [1.29, 1.82) is 0 Å². The molecule has 1 aliphatic rings. The quantitative estimate of drug-likeness (QED) is 0.752. The van der Waals surface area contributed by atoms with Crippen molar-refractivity contribution in [3.63, 3.8) is 0 Å². The molecule has 2 rings (SSSR count). The van der Waals surface area contributed by atoms with E-state index in [1.54, 1.807) is 10.4 Å². The van der Waals surface area contributed by atoms with E-state index in [1.165, 1.54) is 11.3 Å². The Morgan fingerprint density at radius 2 is 2.24 bits per heavy atom. The molecular weight excluding hydrogens is 372 g/mol. The van der Waals surface area contributed by atoms with E-state index < -0.39 is 10.0 Å². The molecule has 1 fully saturated rings. The van der Waals surface area contributed by atoms with Crippen molar-refractivity contribution in [1.82, 2.24) is 9.62 Å². The summed E-state index contributed by atoms with van der Waals surface area (Å²) in [6.07, 6.45) is 4.07. The summed E-state index contributed by atoms with van der Waals surface area (Å²) in [5.74, 6) is 0. The lowest BCUT2D eigenvalue weighted by atomic mass is 10.1. The zero-order valence-corrected chi connectivity index (χ0v) is 15.8. The second kappa shape index (κ2) is 7.55. The van der Waals surface area contributed by atoms with E-state index >= 15 is 0 Å². The van der Waals surface area contributed by atoms with Crippen LogP contribution in [0.25, 0.3) is 0 Å². The van der Waals surface area contributed by atoms with Gasteiger partial charge in [-0.15, -0.1) is 11.3 Å². The Labute approximate surface area is 140 Å². The predicted molar refractivity (Wildman–Crippen MR) is 91.4 cm³/mol. The molecule has 1 unspecified atom stereocenters. The highest BCUT2D eigenvalue weighted by Gasteiger charge is 2.34. The van der Waals surface area contributed by atoms with Crippen LogP contribution in [0.15, 0.2) is 14.7 Å². The van der Waals surface area contributed by atoms with Crippen LogP contribution in [0.3, 0.4) is 0 Å². The molecule has 2 heterocycles. The molecule has 1 aromatic rings. The Kier molecular flexibility index (Phi) is 6.25. The van der Waals surface area contributed by atoms with Crippen LogP contribution in [-0.4, -0.2) is 38.4 Å². The fraction of sp³-hybridized carbons (Fsp3) is 0.714. The molecule has 1 N–H and O–H groups in total. The highest BCUT2D eigenvalue weighted by atomic mass is 79.9. The normalized spacial score (nSPS) is 20.8. The van der Waals surface area contributed by atoms with Gasteiger partial charge in [0.05, 0.1) is 8.68 Å². The van der Waals surface area contributed by atoms with E-state index in [9.17, 15) is 8.42 Å². The summed E-state index contributed by atoms with van der Waals surface area (Å²) < 4.78 is 28.5. The molecule has 1 aliphatic heterocycles. The van der Waals surface area contributed by atoms with Crippen molar-refractivity contribution in [2.75, 3.05) is 19.6 Å². The number of nitrogens with zero attached hydrogens (tertiary/aromatic N) is 1. The molecule has 21 heavy (non-hydrogen) atoms. The van der Waals surface area contributed by atoms with Crippen LogP contribution >= 0.6 is 27.3 Å². The maximum atomic E-state index is 12.9. The fourth-order valence-corrected chi connectivity index (χ4v) is 6.83. The average Bonchev–Trinajstić information content (AvgIpc) is 2.79. The standard InChI is InChI=1S/C14H23BrN2O2S2/c1-3-7-16-10-12-6-4-5-8-17(12)21(18,19)13-9-14(15)20-11(13)2/h9,12,16H,3-8,10H2,1-2H3. The summed E-state index contributed by atoms with van der Waals surface area (Å²) >= 11 is 4.87. The van der Waals surface area contributed by atoms with Crippen LogP contribution in [0.2, 0.25) is 0 Å². The van der Waals surface area contributed by atoms with Gasteiger partial charge in [0.15, 0.2) is 0 Å². The van der Waals surface area contributed by atoms with Gasteiger partial charge in [-0.2, -0.15) is 4.31 Å². The molecule has 120 valence electrons. The number of sulfonamides is 1. The minimum absolute atomic E-state index is 0.0772. The molecular formula is C14H23BrN2O2S2.